The Morgan fingerprint density at radius 1 is 0.925 bits per heavy atom. The minimum atomic E-state index is -0.164. The van der Waals surface area contributed by atoms with Crippen molar-refractivity contribution in [3.05, 3.63) is 107 Å². The number of amides is 2. The Kier molecular flexibility index (Phi) is 7.03. The Bertz CT molecular complexity index is 1720. The maximum absolute atomic E-state index is 13.5. The summed E-state index contributed by atoms with van der Waals surface area (Å²) in [5, 5.41) is 8.67. The van der Waals surface area contributed by atoms with Crippen LogP contribution in [0, 0.1) is 0 Å². The highest BCUT2D eigenvalue weighted by molar-refractivity contribution is 5.90. The molecule has 0 spiro atoms. The number of nitrogens with one attached hydrogen (secondary N) is 1. The monoisotopic (exact) mass is 531 g/mol. The van der Waals surface area contributed by atoms with E-state index in [9.17, 15) is 9.59 Å². The highest BCUT2D eigenvalue weighted by Gasteiger charge is 2.23. The predicted octanol–water partition coefficient (Wildman–Crippen LogP) is 4.81. The number of carbonyl (C=O) groups excluding carboxylic acids is 1. The van der Waals surface area contributed by atoms with Crippen LogP contribution in [0.15, 0.2) is 90.1 Å². The molecule has 0 bridgehead atoms. The summed E-state index contributed by atoms with van der Waals surface area (Å²) in [6.45, 7) is 2.13. The number of hydrogen-bond acceptors (Lipinski definition) is 6. The molecule has 3 N–H and O–H groups in total. The molecule has 40 heavy (non-hydrogen) atoms. The van der Waals surface area contributed by atoms with Crippen molar-refractivity contribution in [1.29, 1.82) is 0 Å². The minimum Gasteiger partial charge on any atom is -0.330 e. The van der Waals surface area contributed by atoms with E-state index in [0.717, 1.165) is 46.0 Å². The molecule has 3 aromatic heterocycles. The van der Waals surface area contributed by atoms with Gasteiger partial charge in [0.05, 0.1) is 16.8 Å². The number of aryl methyl sites for hydroxylation is 1. The first-order valence-corrected chi connectivity index (χ1v) is 13.3. The summed E-state index contributed by atoms with van der Waals surface area (Å²) in [5.41, 5.74) is 12.1. The smallest absolute Gasteiger partial charge is 0.322 e. The van der Waals surface area contributed by atoms with Gasteiger partial charge in [-0.2, -0.15) is 5.10 Å². The number of aromatic nitrogens is 4. The standard InChI is InChI=1S/C31H29N7O2/c32-12-1-2-15-38-30(39)27(23-6-5-21-4-3-13-34-28(21)16-23)17-29(36-38)22-7-9-26(10-8-22)35-31(40)37-19-24-11-14-33-18-25(24)20-37/h3-11,13-14,16-18H,1-2,12,15,19-20,32H2,(H,35,40). The fourth-order valence-electron chi connectivity index (χ4n) is 4.97. The van der Waals surface area contributed by atoms with Gasteiger partial charge in [-0.3, -0.25) is 14.8 Å². The molecule has 2 amide bonds. The van der Waals surface area contributed by atoms with E-state index in [0.29, 0.717) is 43.1 Å². The van der Waals surface area contributed by atoms with Gasteiger partial charge in [0.15, 0.2) is 0 Å². The fourth-order valence-corrected chi connectivity index (χ4v) is 4.97. The molecular formula is C31H29N7O2. The average Bonchev–Trinajstić information content (AvgIpc) is 3.43. The van der Waals surface area contributed by atoms with E-state index in [1.807, 2.05) is 72.9 Å². The molecule has 0 saturated heterocycles. The zero-order valence-electron chi connectivity index (χ0n) is 22.0. The van der Waals surface area contributed by atoms with Gasteiger partial charge in [-0.1, -0.05) is 30.3 Å². The Labute approximate surface area is 231 Å². The van der Waals surface area contributed by atoms with Crippen LogP contribution in [-0.4, -0.2) is 37.2 Å². The summed E-state index contributed by atoms with van der Waals surface area (Å²) in [4.78, 5) is 36.7. The van der Waals surface area contributed by atoms with Crippen LogP contribution in [-0.2, 0) is 19.6 Å². The van der Waals surface area contributed by atoms with Crippen LogP contribution < -0.4 is 16.6 Å². The molecule has 9 nitrogen and oxygen atoms in total. The van der Waals surface area contributed by atoms with Gasteiger partial charge in [0.1, 0.15) is 0 Å². The Morgan fingerprint density at radius 3 is 2.58 bits per heavy atom. The number of nitrogens with zero attached hydrogens (tertiary/aromatic N) is 5. The molecule has 2 aromatic carbocycles. The molecule has 5 aromatic rings. The summed E-state index contributed by atoms with van der Waals surface area (Å²) in [6.07, 6.45) is 6.86. The van der Waals surface area contributed by atoms with Gasteiger partial charge in [0.25, 0.3) is 5.56 Å². The minimum absolute atomic E-state index is 0.151. The van der Waals surface area contributed by atoms with Crippen molar-refractivity contribution in [1.82, 2.24) is 24.6 Å². The summed E-state index contributed by atoms with van der Waals surface area (Å²) < 4.78 is 1.53. The van der Waals surface area contributed by atoms with Crippen molar-refractivity contribution in [2.75, 3.05) is 11.9 Å². The van der Waals surface area contributed by atoms with Gasteiger partial charge >= 0.3 is 6.03 Å². The number of rotatable bonds is 7. The number of fused-ring (bicyclic) bond motifs is 2. The predicted molar refractivity (Wildman–Crippen MR) is 155 cm³/mol. The number of urea groups is 1. The van der Waals surface area contributed by atoms with Gasteiger partial charge in [-0.15, -0.1) is 0 Å². The highest BCUT2D eigenvalue weighted by Crippen LogP contribution is 2.27. The second-order valence-electron chi connectivity index (χ2n) is 9.89. The SMILES string of the molecule is NCCCCn1nc(-c2ccc(NC(=O)N3Cc4ccncc4C3)cc2)cc(-c2ccc3cccnc3c2)c1=O. The molecule has 0 atom stereocenters. The first kappa shape index (κ1) is 25.4. The third-order valence-corrected chi connectivity index (χ3v) is 7.16. The van der Waals surface area contributed by atoms with E-state index in [-0.39, 0.29) is 11.6 Å². The lowest BCUT2D eigenvalue weighted by Crippen LogP contribution is -2.30. The third-order valence-electron chi connectivity index (χ3n) is 7.16. The first-order chi connectivity index (χ1) is 19.6. The van der Waals surface area contributed by atoms with Crippen molar-refractivity contribution >= 4 is 22.6 Å². The molecule has 1 aliphatic heterocycles. The number of carbonyl (C=O) groups is 1. The van der Waals surface area contributed by atoms with Gasteiger partial charge < -0.3 is 16.0 Å². The second-order valence-corrected chi connectivity index (χ2v) is 9.89. The van der Waals surface area contributed by atoms with Gasteiger partial charge in [-0.05, 0) is 72.5 Å². The van der Waals surface area contributed by atoms with E-state index in [1.165, 1.54) is 4.68 Å². The van der Waals surface area contributed by atoms with Gasteiger partial charge in [-0.25, -0.2) is 9.48 Å². The molecule has 4 heterocycles. The number of benzene rings is 2. The Balaban J connectivity index is 1.27. The quantitative estimate of drug-likeness (QED) is 0.291. The Morgan fingerprint density at radius 2 is 1.75 bits per heavy atom. The fraction of sp³-hybridized carbons (Fsp3) is 0.194. The van der Waals surface area contributed by atoms with Crippen molar-refractivity contribution in [2.45, 2.75) is 32.5 Å². The number of anilines is 1. The van der Waals surface area contributed by atoms with Gasteiger partial charge in [0, 0.05) is 54.9 Å². The topological polar surface area (TPSA) is 119 Å². The average molecular weight is 532 g/mol. The zero-order chi connectivity index (χ0) is 27.5. The summed E-state index contributed by atoms with van der Waals surface area (Å²) in [7, 11) is 0. The normalized spacial score (nSPS) is 12.5. The molecule has 0 unspecified atom stereocenters. The Hall–Kier alpha value is -4.89. The molecule has 200 valence electrons. The number of unbranched alkanes of at least 4 members (excludes halogenated alkanes) is 1. The zero-order valence-corrected chi connectivity index (χ0v) is 22.0. The molecule has 0 saturated carbocycles. The van der Waals surface area contributed by atoms with Crippen molar-refractivity contribution in [3.63, 3.8) is 0 Å². The van der Waals surface area contributed by atoms with Gasteiger partial charge in [0.2, 0.25) is 0 Å². The second kappa shape index (κ2) is 11.1. The highest BCUT2D eigenvalue weighted by atomic mass is 16.2. The van der Waals surface area contributed by atoms with E-state index < -0.39 is 0 Å². The maximum atomic E-state index is 13.5. The van der Waals surface area contributed by atoms with E-state index in [2.05, 4.69) is 20.4 Å². The van der Waals surface area contributed by atoms with Crippen LogP contribution in [0.4, 0.5) is 10.5 Å². The van der Waals surface area contributed by atoms with E-state index >= 15 is 0 Å². The lowest BCUT2D eigenvalue weighted by atomic mass is 10.0. The number of nitrogens with two attached hydrogens (primary N) is 1. The molecule has 9 heteroatoms. The summed E-state index contributed by atoms with van der Waals surface area (Å²) in [6, 6.07) is 20.9. The molecule has 6 rings (SSSR count). The van der Waals surface area contributed by atoms with Crippen molar-refractivity contribution in [3.8, 4) is 22.4 Å². The van der Waals surface area contributed by atoms with Crippen molar-refractivity contribution in [2.24, 2.45) is 5.73 Å². The molecule has 0 aliphatic carbocycles. The maximum Gasteiger partial charge on any atom is 0.322 e. The number of pyridine rings is 2. The number of hydrogen-bond donors (Lipinski definition) is 2. The molecular weight excluding hydrogens is 502 g/mol. The lowest BCUT2D eigenvalue weighted by molar-refractivity contribution is 0.212. The van der Waals surface area contributed by atoms with Crippen molar-refractivity contribution < 1.29 is 4.79 Å². The van der Waals surface area contributed by atoms with Crippen LogP contribution in [0.2, 0.25) is 0 Å². The van der Waals surface area contributed by atoms with Crippen LogP contribution >= 0.6 is 0 Å². The molecule has 0 radical (unpaired) electrons. The molecule has 1 aliphatic rings. The third kappa shape index (κ3) is 5.19. The van der Waals surface area contributed by atoms with Crippen LogP contribution in [0.5, 0.6) is 0 Å². The summed E-state index contributed by atoms with van der Waals surface area (Å²) >= 11 is 0. The van der Waals surface area contributed by atoms with Crippen LogP contribution in [0.25, 0.3) is 33.3 Å². The summed E-state index contributed by atoms with van der Waals surface area (Å²) in [5.74, 6) is 0. The lowest BCUT2D eigenvalue weighted by Gasteiger charge is -2.16. The van der Waals surface area contributed by atoms with Crippen LogP contribution in [0.3, 0.4) is 0 Å². The first-order valence-electron chi connectivity index (χ1n) is 13.3. The van der Waals surface area contributed by atoms with E-state index in [1.54, 1.807) is 17.3 Å². The largest absolute Gasteiger partial charge is 0.330 e. The van der Waals surface area contributed by atoms with E-state index in [4.69, 9.17) is 5.73 Å². The van der Waals surface area contributed by atoms with Crippen LogP contribution in [0.1, 0.15) is 24.0 Å². The molecule has 0 fully saturated rings.